The summed E-state index contributed by atoms with van der Waals surface area (Å²) in [6, 6.07) is 10.9. The molecule has 2 rings (SSSR count). The van der Waals surface area contributed by atoms with E-state index in [1.165, 1.54) is 0 Å². The van der Waals surface area contributed by atoms with Crippen LogP contribution in [0.4, 0.5) is 5.69 Å². The predicted octanol–water partition coefficient (Wildman–Crippen LogP) is 3.02. The maximum Gasteiger partial charge on any atom is 0.274 e. The van der Waals surface area contributed by atoms with Gasteiger partial charge < -0.3 is 10.4 Å². The van der Waals surface area contributed by atoms with Crippen molar-refractivity contribution in [2.75, 3.05) is 11.9 Å². The molecule has 2 aromatic rings. The first-order chi connectivity index (χ1) is 9.70. The number of amides is 1. The summed E-state index contributed by atoms with van der Waals surface area (Å²) < 4.78 is 0.817. The molecule has 0 aliphatic carbocycles. The minimum Gasteiger partial charge on any atom is -0.396 e. The van der Waals surface area contributed by atoms with Crippen molar-refractivity contribution in [3.8, 4) is 0 Å². The van der Waals surface area contributed by atoms with Gasteiger partial charge in [0.15, 0.2) is 0 Å². The van der Waals surface area contributed by atoms with Gasteiger partial charge in [-0.3, -0.25) is 9.78 Å². The second-order valence-electron chi connectivity index (χ2n) is 4.31. The summed E-state index contributed by atoms with van der Waals surface area (Å²) in [7, 11) is 0. The minimum atomic E-state index is -0.241. The molecule has 5 heteroatoms. The molecule has 1 aromatic heterocycles. The number of aromatic nitrogens is 1. The van der Waals surface area contributed by atoms with E-state index < -0.39 is 0 Å². The van der Waals surface area contributed by atoms with E-state index in [1.54, 1.807) is 24.4 Å². The van der Waals surface area contributed by atoms with Crippen LogP contribution in [0.15, 0.2) is 47.1 Å². The Morgan fingerprint density at radius 2 is 2.15 bits per heavy atom. The molecule has 1 heterocycles. The lowest BCUT2D eigenvalue weighted by molar-refractivity contribution is 0.102. The van der Waals surface area contributed by atoms with Gasteiger partial charge in [0, 0.05) is 17.3 Å². The zero-order valence-electron chi connectivity index (χ0n) is 10.8. The Labute approximate surface area is 126 Å². The second kappa shape index (κ2) is 7.17. The first-order valence-corrected chi connectivity index (χ1v) is 7.11. The SMILES string of the molecule is O=C(Nc1ccc(CCCO)cc1Br)c1ccccn1. The third kappa shape index (κ3) is 3.88. The van der Waals surface area contributed by atoms with Gasteiger partial charge in [-0.05, 0) is 58.6 Å². The normalized spacial score (nSPS) is 10.3. The summed E-state index contributed by atoms with van der Waals surface area (Å²) in [6.07, 6.45) is 3.12. The molecule has 0 aliphatic heterocycles. The number of halogens is 1. The van der Waals surface area contributed by atoms with E-state index in [9.17, 15) is 4.79 Å². The monoisotopic (exact) mass is 334 g/mol. The molecule has 0 radical (unpaired) electrons. The summed E-state index contributed by atoms with van der Waals surface area (Å²) >= 11 is 3.44. The van der Waals surface area contributed by atoms with Crippen molar-refractivity contribution < 1.29 is 9.90 Å². The molecular weight excluding hydrogens is 320 g/mol. The maximum atomic E-state index is 12.0. The number of pyridine rings is 1. The summed E-state index contributed by atoms with van der Waals surface area (Å²) in [6.45, 7) is 0.176. The highest BCUT2D eigenvalue weighted by Gasteiger charge is 2.09. The molecule has 0 saturated carbocycles. The largest absolute Gasteiger partial charge is 0.396 e. The molecule has 1 aromatic carbocycles. The van der Waals surface area contributed by atoms with Gasteiger partial charge in [0.05, 0.1) is 5.69 Å². The third-order valence-corrected chi connectivity index (χ3v) is 3.46. The first kappa shape index (κ1) is 14.7. The van der Waals surface area contributed by atoms with E-state index in [0.29, 0.717) is 11.4 Å². The first-order valence-electron chi connectivity index (χ1n) is 6.32. The molecule has 0 fully saturated rings. The lowest BCUT2D eigenvalue weighted by Crippen LogP contribution is -2.13. The Morgan fingerprint density at radius 1 is 1.30 bits per heavy atom. The zero-order chi connectivity index (χ0) is 14.4. The molecule has 20 heavy (non-hydrogen) atoms. The number of nitrogens with zero attached hydrogens (tertiary/aromatic N) is 1. The molecule has 1 amide bonds. The van der Waals surface area contributed by atoms with Crippen molar-refractivity contribution in [1.82, 2.24) is 4.98 Å². The van der Waals surface area contributed by atoms with Crippen molar-refractivity contribution in [3.63, 3.8) is 0 Å². The van der Waals surface area contributed by atoms with E-state index in [2.05, 4.69) is 26.2 Å². The van der Waals surface area contributed by atoms with Crippen molar-refractivity contribution in [3.05, 3.63) is 58.3 Å². The van der Waals surface area contributed by atoms with Gasteiger partial charge in [0.25, 0.3) is 5.91 Å². The molecule has 104 valence electrons. The molecule has 0 saturated heterocycles. The van der Waals surface area contributed by atoms with Crippen LogP contribution in [0, 0.1) is 0 Å². The van der Waals surface area contributed by atoms with E-state index in [-0.39, 0.29) is 12.5 Å². The standard InChI is InChI=1S/C15H15BrN2O2/c16-12-10-11(4-3-9-19)6-7-13(12)18-15(20)14-5-1-2-8-17-14/h1-2,5-8,10,19H,3-4,9H2,(H,18,20). The molecular formula is C15H15BrN2O2. The molecule has 2 N–H and O–H groups in total. The zero-order valence-corrected chi connectivity index (χ0v) is 12.4. The number of anilines is 1. The lowest BCUT2D eigenvalue weighted by atomic mass is 10.1. The van der Waals surface area contributed by atoms with Crippen LogP contribution in [-0.2, 0) is 6.42 Å². The number of aliphatic hydroxyl groups is 1. The van der Waals surface area contributed by atoms with Crippen LogP contribution in [0.3, 0.4) is 0 Å². The van der Waals surface area contributed by atoms with Crippen molar-refractivity contribution in [2.24, 2.45) is 0 Å². The van der Waals surface area contributed by atoms with Crippen LogP contribution in [0.5, 0.6) is 0 Å². The summed E-state index contributed by atoms with van der Waals surface area (Å²) in [5.74, 6) is -0.241. The van der Waals surface area contributed by atoms with Crippen molar-refractivity contribution >= 4 is 27.5 Å². The highest BCUT2D eigenvalue weighted by atomic mass is 79.9. The number of aliphatic hydroxyl groups excluding tert-OH is 1. The van der Waals surface area contributed by atoms with Gasteiger partial charge in [-0.2, -0.15) is 0 Å². The summed E-state index contributed by atoms with van der Waals surface area (Å²) in [4.78, 5) is 16.0. The quantitative estimate of drug-likeness (QED) is 0.883. The van der Waals surface area contributed by atoms with E-state index in [1.807, 2.05) is 18.2 Å². The van der Waals surface area contributed by atoms with Crippen molar-refractivity contribution in [2.45, 2.75) is 12.8 Å². The molecule has 0 atom stereocenters. The number of benzene rings is 1. The molecule has 0 bridgehead atoms. The predicted molar refractivity (Wildman–Crippen MR) is 81.7 cm³/mol. The number of rotatable bonds is 5. The number of carbonyl (C=O) groups excluding carboxylic acids is 1. The number of carbonyl (C=O) groups is 1. The molecule has 4 nitrogen and oxygen atoms in total. The number of aryl methyl sites for hydroxylation is 1. The fraction of sp³-hybridized carbons (Fsp3) is 0.200. The van der Waals surface area contributed by atoms with Gasteiger partial charge in [-0.25, -0.2) is 0 Å². The molecule has 0 unspecified atom stereocenters. The number of hydrogen-bond donors (Lipinski definition) is 2. The second-order valence-corrected chi connectivity index (χ2v) is 5.16. The summed E-state index contributed by atoms with van der Waals surface area (Å²) in [5, 5.41) is 11.6. The van der Waals surface area contributed by atoms with Crippen molar-refractivity contribution in [1.29, 1.82) is 0 Å². The Morgan fingerprint density at radius 3 is 2.80 bits per heavy atom. The van der Waals surface area contributed by atoms with Gasteiger partial charge in [0.2, 0.25) is 0 Å². The van der Waals surface area contributed by atoms with Gasteiger partial charge in [-0.1, -0.05) is 12.1 Å². The average Bonchev–Trinajstić information content (AvgIpc) is 2.48. The minimum absolute atomic E-state index is 0.176. The van der Waals surface area contributed by atoms with Gasteiger partial charge in [-0.15, -0.1) is 0 Å². The van der Waals surface area contributed by atoms with E-state index in [0.717, 1.165) is 22.9 Å². The van der Waals surface area contributed by atoms with Crippen LogP contribution < -0.4 is 5.32 Å². The third-order valence-electron chi connectivity index (χ3n) is 2.80. The van der Waals surface area contributed by atoms with Crippen LogP contribution in [0.25, 0.3) is 0 Å². The highest BCUT2D eigenvalue weighted by molar-refractivity contribution is 9.10. The Bertz CT molecular complexity index is 588. The highest BCUT2D eigenvalue weighted by Crippen LogP contribution is 2.24. The fourth-order valence-corrected chi connectivity index (χ4v) is 2.31. The van der Waals surface area contributed by atoms with E-state index >= 15 is 0 Å². The van der Waals surface area contributed by atoms with Crippen LogP contribution in [0.1, 0.15) is 22.5 Å². The maximum absolute atomic E-state index is 12.0. The fourth-order valence-electron chi connectivity index (χ4n) is 1.78. The van der Waals surface area contributed by atoms with Crippen LogP contribution in [0.2, 0.25) is 0 Å². The molecule has 0 spiro atoms. The van der Waals surface area contributed by atoms with Gasteiger partial charge >= 0.3 is 0 Å². The Hall–Kier alpha value is -1.72. The van der Waals surface area contributed by atoms with Gasteiger partial charge in [0.1, 0.15) is 5.69 Å². The topological polar surface area (TPSA) is 62.2 Å². The smallest absolute Gasteiger partial charge is 0.274 e. The number of nitrogens with one attached hydrogen (secondary N) is 1. The van der Waals surface area contributed by atoms with Crippen LogP contribution >= 0.6 is 15.9 Å². The Kier molecular flexibility index (Phi) is 5.26. The van der Waals surface area contributed by atoms with E-state index in [4.69, 9.17) is 5.11 Å². The lowest BCUT2D eigenvalue weighted by Gasteiger charge is -2.09. The average molecular weight is 335 g/mol. The Balaban J connectivity index is 2.08. The number of hydrogen-bond acceptors (Lipinski definition) is 3. The molecule has 0 aliphatic rings. The van der Waals surface area contributed by atoms with Crippen LogP contribution in [-0.4, -0.2) is 22.6 Å². The summed E-state index contributed by atoms with van der Waals surface area (Å²) in [5.41, 5.74) is 2.19.